The smallest absolute Gasteiger partial charge is 0.0439 e. The minimum Gasteiger partial charge on any atom is -0.317 e. The summed E-state index contributed by atoms with van der Waals surface area (Å²) in [4.78, 5) is 0. The molecule has 1 aromatic rings. The quantitative estimate of drug-likeness (QED) is 0.720. The zero-order chi connectivity index (χ0) is 11.8. The van der Waals surface area contributed by atoms with Crippen LogP contribution in [0.5, 0.6) is 0 Å². The van der Waals surface area contributed by atoms with Crippen LogP contribution in [0.25, 0.3) is 0 Å². The molecule has 0 unspecified atom stereocenters. The van der Waals surface area contributed by atoms with Crippen molar-refractivity contribution in [2.24, 2.45) is 0 Å². The average molecular weight is 260 g/mol. The summed E-state index contributed by atoms with van der Waals surface area (Å²) >= 11 is 12.0. The van der Waals surface area contributed by atoms with Crippen LogP contribution in [0.2, 0.25) is 10.0 Å². The molecule has 0 bridgehead atoms. The van der Waals surface area contributed by atoms with Crippen LogP contribution in [0.3, 0.4) is 0 Å². The second-order valence-electron chi connectivity index (χ2n) is 3.94. The maximum atomic E-state index is 6.08. The summed E-state index contributed by atoms with van der Waals surface area (Å²) in [5, 5.41) is 4.98. The molecule has 90 valence electrons. The fraction of sp³-hybridized carbons (Fsp3) is 0.538. The van der Waals surface area contributed by atoms with Crippen molar-refractivity contribution in [1.29, 1.82) is 0 Å². The molecule has 1 nitrogen and oxygen atoms in total. The van der Waals surface area contributed by atoms with E-state index < -0.39 is 0 Å². The molecule has 1 rings (SSSR count). The molecule has 1 aromatic carbocycles. The topological polar surface area (TPSA) is 12.0 Å². The number of hydrogen-bond donors (Lipinski definition) is 1. The Bertz CT molecular complexity index is 313. The van der Waals surface area contributed by atoms with Gasteiger partial charge in [0.05, 0.1) is 0 Å². The lowest BCUT2D eigenvalue weighted by Crippen LogP contribution is -2.15. The molecule has 0 radical (unpaired) electrons. The van der Waals surface area contributed by atoms with Gasteiger partial charge in [-0.1, -0.05) is 30.1 Å². The number of rotatable bonds is 7. The Balaban J connectivity index is 2.23. The Hall–Kier alpha value is -0.240. The standard InChI is InChI=1S/C13H19Cl2N/c1-2-8-16-9-4-3-5-11-10-12(14)6-7-13(11)15/h6-7,10,16H,2-5,8-9H2,1H3. The zero-order valence-corrected chi connectivity index (χ0v) is 11.2. The molecule has 0 saturated carbocycles. The number of halogens is 2. The average Bonchev–Trinajstić information content (AvgIpc) is 2.28. The van der Waals surface area contributed by atoms with Crippen LogP contribution in [-0.2, 0) is 6.42 Å². The van der Waals surface area contributed by atoms with E-state index in [1.54, 1.807) is 0 Å². The Morgan fingerprint density at radius 2 is 1.94 bits per heavy atom. The number of nitrogens with one attached hydrogen (secondary N) is 1. The van der Waals surface area contributed by atoms with Gasteiger partial charge in [0, 0.05) is 10.0 Å². The van der Waals surface area contributed by atoms with E-state index in [0.717, 1.165) is 41.5 Å². The van der Waals surface area contributed by atoms with Crippen LogP contribution in [0.1, 0.15) is 31.7 Å². The predicted molar refractivity (Wildman–Crippen MR) is 72.6 cm³/mol. The Kier molecular flexibility index (Phi) is 6.86. The van der Waals surface area contributed by atoms with Crippen molar-refractivity contribution in [2.75, 3.05) is 13.1 Å². The SMILES string of the molecule is CCCNCCCCc1cc(Cl)ccc1Cl. The summed E-state index contributed by atoms with van der Waals surface area (Å²) in [7, 11) is 0. The highest BCUT2D eigenvalue weighted by Gasteiger charge is 2.00. The first-order chi connectivity index (χ1) is 7.74. The van der Waals surface area contributed by atoms with E-state index in [1.165, 1.54) is 12.8 Å². The third-order valence-corrected chi connectivity index (χ3v) is 3.09. The van der Waals surface area contributed by atoms with Crippen LogP contribution in [-0.4, -0.2) is 13.1 Å². The van der Waals surface area contributed by atoms with Crippen LogP contribution >= 0.6 is 23.2 Å². The van der Waals surface area contributed by atoms with Crippen LogP contribution in [0.15, 0.2) is 18.2 Å². The van der Waals surface area contributed by atoms with Crippen molar-refractivity contribution in [3.05, 3.63) is 33.8 Å². The van der Waals surface area contributed by atoms with Crippen molar-refractivity contribution >= 4 is 23.2 Å². The summed E-state index contributed by atoms with van der Waals surface area (Å²) in [6, 6.07) is 5.66. The molecule has 16 heavy (non-hydrogen) atoms. The second-order valence-corrected chi connectivity index (χ2v) is 4.79. The lowest BCUT2D eigenvalue weighted by atomic mass is 10.1. The summed E-state index contributed by atoms with van der Waals surface area (Å²) < 4.78 is 0. The summed E-state index contributed by atoms with van der Waals surface area (Å²) in [5.74, 6) is 0. The normalized spacial score (nSPS) is 10.7. The number of benzene rings is 1. The van der Waals surface area contributed by atoms with Gasteiger partial charge in [-0.25, -0.2) is 0 Å². The van der Waals surface area contributed by atoms with Gasteiger partial charge in [-0.2, -0.15) is 0 Å². The van der Waals surface area contributed by atoms with Crippen molar-refractivity contribution in [1.82, 2.24) is 5.32 Å². The maximum Gasteiger partial charge on any atom is 0.0439 e. The molecule has 0 amide bonds. The van der Waals surface area contributed by atoms with Crippen molar-refractivity contribution < 1.29 is 0 Å². The first-order valence-corrected chi connectivity index (χ1v) is 6.64. The highest BCUT2D eigenvalue weighted by atomic mass is 35.5. The molecular weight excluding hydrogens is 241 g/mol. The number of hydrogen-bond acceptors (Lipinski definition) is 1. The minimum atomic E-state index is 0.767. The third-order valence-electron chi connectivity index (χ3n) is 2.48. The van der Waals surface area contributed by atoms with Crippen molar-refractivity contribution in [3.8, 4) is 0 Å². The number of unbranched alkanes of at least 4 members (excludes halogenated alkanes) is 1. The van der Waals surface area contributed by atoms with E-state index in [0.29, 0.717) is 0 Å². The number of aryl methyl sites for hydroxylation is 1. The summed E-state index contributed by atoms with van der Waals surface area (Å²) in [6.45, 7) is 4.38. The van der Waals surface area contributed by atoms with Gasteiger partial charge in [0.1, 0.15) is 0 Å². The molecule has 0 atom stereocenters. The van der Waals surface area contributed by atoms with Gasteiger partial charge in [-0.05, 0) is 62.5 Å². The van der Waals surface area contributed by atoms with E-state index >= 15 is 0 Å². The van der Waals surface area contributed by atoms with Gasteiger partial charge >= 0.3 is 0 Å². The lowest BCUT2D eigenvalue weighted by Gasteiger charge is -2.05. The third kappa shape index (κ3) is 5.20. The summed E-state index contributed by atoms with van der Waals surface area (Å²) in [6.07, 6.45) is 4.53. The molecule has 0 heterocycles. The Morgan fingerprint density at radius 3 is 2.69 bits per heavy atom. The summed E-state index contributed by atoms with van der Waals surface area (Å²) in [5.41, 5.74) is 1.16. The fourth-order valence-corrected chi connectivity index (χ4v) is 2.01. The zero-order valence-electron chi connectivity index (χ0n) is 9.73. The van der Waals surface area contributed by atoms with E-state index in [-0.39, 0.29) is 0 Å². The van der Waals surface area contributed by atoms with Gasteiger partial charge in [0.25, 0.3) is 0 Å². The van der Waals surface area contributed by atoms with Gasteiger partial charge in [-0.15, -0.1) is 0 Å². The molecule has 0 aromatic heterocycles. The molecule has 3 heteroatoms. The van der Waals surface area contributed by atoms with Gasteiger partial charge in [0.2, 0.25) is 0 Å². The van der Waals surface area contributed by atoms with Gasteiger partial charge in [-0.3, -0.25) is 0 Å². The highest BCUT2D eigenvalue weighted by molar-refractivity contribution is 6.33. The Labute approximate surface area is 108 Å². The molecule has 0 fully saturated rings. The molecular formula is C13H19Cl2N. The second kappa shape index (κ2) is 7.94. The van der Waals surface area contributed by atoms with E-state index in [1.807, 2.05) is 18.2 Å². The minimum absolute atomic E-state index is 0.767. The molecule has 1 N–H and O–H groups in total. The van der Waals surface area contributed by atoms with E-state index in [4.69, 9.17) is 23.2 Å². The maximum absolute atomic E-state index is 6.08. The first kappa shape index (κ1) is 13.8. The van der Waals surface area contributed by atoms with Gasteiger partial charge in [0.15, 0.2) is 0 Å². The molecule has 0 saturated heterocycles. The van der Waals surface area contributed by atoms with Crippen molar-refractivity contribution in [3.63, 3.8) is 0 Å². The molecule has 0 aliphatic rings. The van der Waals surface area contributed by atoms with Crippen LogP contribution in [0, 0.1) is 0 Å². The van der Waals surface area contributed by atoms with Crippen molar-refractivity contribution in [2.45, 2.75) is 32.6 Å². The van der Waals surface area contributed by atoms with Gasteiger partial charge < -0.3 is 5.32 Å². The van der Waals surface area contributed by atoms with Crippen LogP contribution in [0.4, 0.5) is 0 Å². The first-order valence-electron chi connectivity index (χ1n) is 5.88. The monoisotopic (exact) mass is 259 g/mol. The highest BCUT2D eigenvalue weighted by Crippen LogP contribution is 2.22. The largest absolute Gasteiger partial charge is 0.317 e. The fourth-order valence-electron chi connectivity index (χ4n) is 1.60. The van der Waals surface area contributed by atoms with E-state index in [2.05, 4.69) is 12.2 Å². The molecule has 0 spiro atoms. The molecule has 0 aliphatic carbocycles. The van der Waals surface area contributed by atoms with E-state index in [9.17, 15) is 0 Å². The molecule has 0 aliphatic heterocycles. The lowest BCUT2D eigenvalue weighted by molar-refractivity contribution is 0.617. The Morgan fingerprint density at radius 1 is 1.12 bits per heavy atom. The predicted octanol–water partition coefficient (Wildman–Crippen LogP) is 4.32. The van der Waals surface area contributed by atoms with Crippen LogP contribution < -0.4 is 5.32 Å².